The SMILES string of the molecule is CC1CN(Cc2cc(O)cc(F)c2)CC1C. The number of hydrogen-bond acceptors (Lipinski definition) is 2. The van der Waals surface area contributed by atoms with E-state index in [4.69, 9.17) is 0 Å². The molecule has 0 saturated carbocycles. The van der Waals surface area contributed by atoms with Crippen molar-refractivity contribution in [2.75, 3.05) is 13.1 Å². The molecule has 1 aliphatic rings. The van der Waals surface area contributed by atoms with Crippen LogP contribution in [0.1, 0.15) is 19.4 Å². The average molecular weight is 223 g/mol. The highest BCUT2D eigenvalue weighted by molar-refractivity contribution is 5.28. The molecule has 0 spiro atoms. The van der Waals surface area contributed by atoms with Crippen molar-refractivity contribution in [1.82, 2.24) is 4.90 Å². The molecule has 1 aromatic rings. The van der Waals surface area contributed by atoms with Crippen molar-refractivity contribution in [1.29, 1.82) is 0 Å². The van der Waals surface area contributed by atoms with Gasteiger partial charge in [0.15, 0.2) is 0 Å². The van der Waals surface area contributed by atoms with Crippen molar-refractivity contribution in [2.24, 2.45) is 11.8 Å². The van der Waals surface area contributed by atoms with E-state index in [1.54, 1.807) is 6.07 Å². The van der Waals surface area contributed by atoms with Gasteiger partial charge in [0.25, 0.3) is 0 Å². The van der Waals surface area contributed by atoms with Crippen LogP contribution in [0.3, 0.4) is 0 Å². The fourth-order valence-corrected chi connectivity index (χ4v) is 2.36. The molecule has 1 aliphatic heterocycles. The molecule has 2 atom stereocenters. The minimum atomic E-state index is -0.365. The summed E-state index contributed by atoms with van der Waals surface area (Å²) < 4.78 is 13.1. The van der Waals surface area contributed by atoms with Crippen LogP contribution in [-0.2, 0) is 6.54 Å². The Labute approximate surface area is 95.7 Å². The van der Waals surface area contributed by atoms with Crippen LogP contribution in [0, 0.1) is 17.7 Å². The Hall–Kier alpha value is -1.09. The summed E-state index contributed by atoms with van der Waals surface area (Å²) in [5.41, 5.74) is 0.846. The van der Waals surface area contributed by atoms with Crippen molar-refractivity contribution in [3.05, 3.63) is 29.6 Å². The topological polar surface area (TPSA) is 23.5 Å². The van der Waals surface area contributed by atoms with Gasteiger partial charge in [-0.25, -0.2) is 4.39 Å². The Morgan fingerprint density at radius 1 is 1.25 bits per heavy atom. The van der Waals surface area contributed by atoms with Gasteiger partial charge in [0.1, 0.15) is 11.6 Å². The molecule has 0 radical (unpaired) electrons. The van der Waals surface area contributed by atoms with Crippen LogP contribution >= 0.6 is 0 Å². The van der Waals surface area contributed by atoms with Gasteiger partial charge in [-0.15, -0.1) is 0 Å². The number of likely N-dealkylation sites (tertiary alicyclic amines) is 1. The lowest BCUT2D eigenvalue weighted by molar-refractivity contribution is 0.315. The lowest BCUT2D eigenvalue weighted by Crippen LogP contribution is -2.20. The van der Waals surface area contributed by atoms with E-state index in [0.29, 0.717) is 11.8 Å². The van der Waals surface area contributed by atoms with Crippen LogP contribution in [0.15, 0.2) is 18.2 Å². The summed E-state index contributed by atoms with van der Waals surface area (Å²) in [6, 6.07) is 4.27. The molecule has 0 aromatic heterocycles. The molecule has 1 fully saturated rings. The highest BCUT2D eigenvalue weighted by atomic mass is 19.1. The van der Waals surface area contributed by atoms with Gasteiger partial charge in [-0.1, -0.05) is 13.8 Å². The molecule has 1 N–H and O–H groups in total. The first-order valence-corrected chi connectivity index (χ1v) is 5.75. The predicted octanol–water partition coefficient (Wildman–Crippen LogP) is 2.62. The standard InChI is InChI=1S/C13H18FNO/c1-9-6-15(7-10(9)2)8-11-3-12(14)5-13(16)4-11/h3-5,9-10,16H,6-8H2,1-2H3. The van der Waals surface area contributed by atoms with Gasteiger partial charge in [0.2, 0.25) is 0 Å². The number of phenols is 1. The number of phenolic OH excluding ortho intramolecular Hbond substituents is 1. The third-order valence-electron chi connectivity index (χ3n) is 3.41. The fraction of sp³-hybridized carbons (Fsp3) is 0.538. The monoisotopic (exact) mass is 223 g/mol. The zero-order chi connectivity index (χ0) is 11.7. The smallest absolute Gasteiger partial charge is 0.127 e. The number of benzene rings is 1. The van der Waals surface area contributed by atoms with Gasteiger partial charge in [-0.3, -0.25) is 4.90 Å². The number of hydrogen-bond donors (Lipinski definition) is 1. The summed E-state index contributed by atoms with van der Waals surface area (Å²) in [5.74, 6) is 1.04. The summed E-state index contributed by atoms with van der Waals surface area (Å²) in [6.45, 7) is 7.32. The van der Waals surface area contributed by atoms with Crippen LogP contribution in [0.25, 0.3) is 0 Å². The minimum Gasteiger partial charge on any atom is -0.508 e. The van der Waals surface area contributed by atoms with Crippen LogP contribution in [0.5, 0.6) is 5.75 Å². The van der Waals surface area contributed by atoms with E-state index >= 15 is 0 Å². The molecule has 0 aliphatic carbocycles. The third-order valence-corrected chi connectivity index (χ3v) is 3.41. The zero-order valence-electron chi connectivity index (χ0n) is 9.78. The predicted molar refractivity (Wildman–Crippen MR) is 61.7 cm³/mol. The molecular weight excluding hydrogens is 205 g/mol. The van der Waals surface area contributed by atoms with Crippen molar-refractivity contribution in [3.63, 3.8) is 0 Å². The highest BCUT2D eigenvalue weighted by Crippen LogP contribution is 2.24. The number of rotatable bonds is 2. The van der Waals surface area contributed by atoms with E-state index in [0.717, 1.165) is 31.3 Å². The second kappa shape index (κ2) is 4.42. The first kappa shape index (κ1) is 11.4. The molecule has 2 rings (SSSR count). The van der Waals surface area contributed by atoms with Crippen LogP contribution in [0.2, 0.25) is 0 Å². The van der Waals surface area contributed by atoms with Gasteiger partial charge in [-0.05, 0) is 29.5 Å². The lowest BCUT2D eigenvalue weighted by atomic mass is 10.0. The van der Waals surface area contributed by atoms with Crippen molar-refractivity contribution in [2.45, 2.75) is 20.4 Å². The summed E-state index contributed by atoms with van der Waals surface area (Å²) in [4.78, 5) is 2.31. The summed E-state index contributed by atoms with van der Waals surface area (Å²) in [7, 11) is 0. The maximum atomic E-state index is 13.1. The number of aromatic hydroxyl groups is 1. The Morgan fingerprint density at radius 2 is 1.88 bits per heavy atom. The van der Waals surface area contributed by atoms with E-state index < -0.39 is 0 Å². The molecule has 0 bridgehead atoms. The molecule has 1 heterocycles. The van der Waals surface area contributed by atoms with E-state index in [1.807, 2.05) is 0 Å². The fourth-order valence-electron chi connectivity index (χ4n) is 2.36. The lowest BCUT2D eigenvalue weighted by Gasteiger charge is -2.15. The average Bonchev–Trinajstić information content (AvgIpc) is 2.43. The number of halogens is 1. The molecule has 88 valence electrons. The highest BCUT2D eigenvalue weighted by Gasteiger charge is 2.25. The van der Waals surface area contributed by atoms with Crippen molar-refractivity contribution in [3.8, 4) is 5.75 Å². The molecule has 2 nitrogen and oxygen atoms in total. The quantitative estimate of drug-likeness (QED) is 0.833. The van der Waals surface area contributed by atoms with Gasteiger partial charge < -0.3 is 5.11 Å². The van der Waals surface area contributed by atoms with Crippen molar-refractivity contribution < 1.29 is 9.50 Å². The molecule has 2 unspecified atom stereocenters. The molecular formula is C13H18FNO. The first-order chi connectivity index (χ1) is 7.54. The van der Waals surface area contributed by atoms with E-state index in [1.165, 1.54) is 6.07 Å². The third kappa shape index (κ3) is 2.53. The molecule has 3 heteroatoms. The largest absolute Gasteiger partial charge is 0.508 e. The van der Waals surface area contributed by atoms with E-state index in [9.17, 15) is 9.50 Å². The summed E-state index contributed by atoms with van der Waals surface area (Å²) >= 11 is 0. The molecule has 16 heavy (non-hydrogen) atoms. The first-order valence-electron chi connectivity index (χ1n) is 5.75. The summed E-state index contributed by atoms with van der Waals surface area (Å²) in [6.07, 6.45) is 0. The van der Waals surface area contributed by atoms with Crippen LogP contribution in [-0.4, -0.2) is 23.1 Å². The van der Waals surface area contributed by atoms with E-state index in [2.05, 4.69) is 18.7 Å². The maximum absolute atomic E-state index is 13.1. The Balaban J connectivity index is 2.04. The van der Waals surface area contributed by atoms with Gasteiger partial charge in [0, 0.05) is 25.7 Å². The Bertz CT molecular complexity index is 350. The zero-order valence-corrected chi connectivity index (χ0v) is 9.78. The Kier molecular flexibility index (Phi) is 3.15. The van der Waals surface area contributed by atoms with Gasteiger partial charge >= 0.3 is 0 Å². The second-order valence-electron chi connectivity index (χ2n) is 4.97. The molecule has 1 saturated heterocycles. The van der Waals surface area contributed by atoms with Gasteiger partial charge in [0.05, 0.1) is 0 Å². The normalized spacial score (nSPS) is 26.2. The molecule has 1 aromatic carbocycles. The van der Waals surface area contributed by atoms with Crippen LogP contribution < -0.4 is 0 Å². The molecule has 0 amide bonds. The Morgan fingerprint density at radius 3 is 2.44 bits per heavy atom. The number of nitrogens with zero attached hydrogens (tertiary/aromatic N) is 1. The second-order valence-corrected chi connectivity index (χ2v) is 4.97. The van der Waals surface area contributed by atoms with Gasteiger partial charge in [-0.2, -0.15) is 0 Å². The minimum absolute atomic E-state index is 0.00953. The van der Waals surface area contributed by atoms with Crippen molar-refractivity contribution >= 4 is 0 Å². The van der Waals surface area contributed by atoms with Crippen LogP contribution in [0.4, 0.5) is 4.39 Å². The maximum Gasteiger partial charge on any atom is 0.127 e. The summed E-state index contributed by atoms with van der Waals surface area (Å²) in [5, 5.41) is 9.31. The van der Waals surface area contributed by atoms with E-state index in [-0.39, 0.29) is 11.6 Å².